The summed E-state index contributed by atoms with van der Waals surface area (Å²) in [5.74, 6) is 1.86. The molecule has 0 bridgehead atoms. The molecule has 2 rings (SSSR count). The summed E-state index contributed by atoms with van der Waals surface area (Å²) >= 11 is 6.27. The highest BCUT2D eigenvalue weighted by atomic mass is 35.5. The molecule has 0 fully saturated rings. The lowest BCUT2D eigenvalue weighted by Gasteiger charge is -2.04. The quantitative estimate of drug-likeness (QED) is 0.906. The summed E-state index contributed by atoms with van der Waals surface area (Å²) in [6.45, 7) is 5.37. The van der Waals surface area contributed by atoms with Gasteiger partial charge in [0, 0.05) is 13.6 Å². The highest BCUT2D eigenvalue weighted by molar-refractivity contribution is 6.31. The molecule has 0 radical (unpaired) electrons. The molecule has 2 aromatic rings. The molecule has 0 amide bonds. The largest absolute Gasteiger partial charge is 0.465 e. The maximum Gasteiger partial charge on any atom is 0.117 e. The predicted molar refractivity (Wildman–Crippen MR) is 71.6 cm³/mol. The van der Waals surface area contributed by atoms with Gasteiger partial charge in [-0.3, -0.25) is 4.68 Å². The molecule has 0 aliphatic heterocycles. The average molecular weight is 268 g/mol. The number of nitrogens with one attached hydrogen (secondary N) is 1. The molecule has 98 valence electrons. The Bertz CT molecular complexity index is 530. The van der Waals surface area contributed by atoms with Crippen molar-refractivity contribution in [2.75, 3.05) is 0 Å². The van der Waals surface area contributed by atoms with Crippen LogP contribution in [0.3, 0.4) is 0 Å². The zero-order valence-corrected chi connectivity index (χ0v) is 11.7. The van der Waals surface area contributed by atoms with Crippen molar-refractivity contribution in [3.05, 3.63) is 40.1 Å². The summed E-state index contributed by atoms with van der Waals surface area (Å²) in [6, 6.07) is 3.94. The van der Waals surface area contributed by atoms with Crippen molar-refractivity contribution in [2.45, 2.75) is 33.4 Å². The summed E-state index contributed by atoms with van der Waals surface area (Å²) in [6.07, 6.45) is 0.851. The summed E-state index contributed by atoms with van der Waals surface area (Å²) in [4.78, 5) is 0. The molecule has 18 heavy (non-hydrogen) atoms. The normalized spacial score (nSPS) is 11.1. The lowest BCUT2D eigenvalue weighted by molar-refractivity contribution is 0.459. The van der Waals surface area contributed by atoms with E-state index in [0.717, 1.165) is 34.4 Å². The van der Waals surface area contributed by atoms with Gasteiger partial charge >= 0.3 is 0 Å². The third-order valence-electron chi connectivity index (χ3n) is 2.89. The zero-order valence-electron chi connectivity index (χ0n) is 11.0. The van der Waals surface area contributed by atoms with Crippen molar-refractivity contribution in [3.63, 3.8) is 0 Å². The standard InChI is InChI=1S/C13H18ClN3O/c1-4-11-13(14)12(17(3)16-11)8-15-7-10-6-5-9(2)18-10/h5-6,15H,4,7-8H2,1-3H3. The number of rotatable bonds is 5. The fourth-order valence-electron chi connectivity index (χ4n) is 1.90. The minimum Gasteiger partial charge on any atom is -0.465 e. The molecule has 0 saturated carbocycles. The first-order chi connectivity index (χ1) is 8.61. The molecule has 0 atom stereocenters. The van der Waals surface area contributed by atoms with Crippen molar-refractivity contribution in [3.8, 4) is 0 Å². The summed E-state index contributed by atoms with van der Waals surface area (Å²) in [5, 5.41) is 8.46. The van der Waals surface area contributed by atoms with E-state index in [1.54, 1.807) is 0 Å². The minimum absolute atomic E-state index is 0.683. The van der Waals surface area contributed by atoms with E-state index in [1.165, 1.54) is 0 Å². The van der Waals surface area contributed by atoms with E-state index in [2.05, 4.69) is 17.3 Å². The van der Waals surface area contributed by atoms with E-state index in [9.17, 15) is 0 Å². The number of aromatic nitrogens is 2. The molecule has 5 heteroatoms. The predicted octanol–water partition coefficient (Wildman–Crippen LogP) is 2.83. The molecule has 1 N–H and O–H groups in total. The van der Waals surface area contributed by atoms with E-state index in [4.69, 9.17) is 16.0 Å². The van der Waals surface area contributed by atoms with E-state index >= 15 is 0 Å². The number of furan rings is 1. The van der Waals surface area contributed by atoms with Crippen LogP contribution in [0.15, 0.2) is 16.5 Å². The summed E-state index contributed by atoms with van der Waals surface area (Å²) in [5.41, 5.74) is 1.96. The van der Waals surface area contributed by atoms with Crippen molar-refractivity contribution in [2.24, 2.45) is 7.05 Å². The van der Waals surface area contributed by atoms with Crippen LogP contribution < -0.4 is 5.32 Å². The van der Waals surface area contributed by atoms with Crippen molar-refractivity contribution >= 4 is 11.6 Å². The van der Waals surface area contributed by atoms with Crippen LogP contribution in [-0.4, -0.2) is 9.78 Å². The molecule has 0 unspecified atom stereocenters. The minimum atomic E-state index is 0.683. The Morgan fingerprint density at radius 2 is 2.17 bits per heavy atom. The van der Waals surface area contributed by atoms with Crippen LogP contribution in [0.25, 0.3) is 0 Å². The lowest BCUT2D eigenvalue weighted by atomic mass is 10.3. The third kappa shape index (κ3) is 2.76. The Morgan fingerprint density at radius 3 is 2.72 bits per heavy atom. The molecule has 0 spiro atoms. The first kappa shape index (κ1) is 13.2. The molecule has 0 aliphatic carbocycles. The zero-order chi connectivity index (χ0) is 13.1. The van der Waals surface area contributed by atoms with Gasteiger partial charge in [-0.2, -0.15) is 5.10 Å². The first-order valence-electron chi connectivity index (χ1n) is 6.08. The highest BCUT2D eigenvalue weighted by Crippen LogP contribution is 2.20. The molecule has 4 nitrogen and oxygen atoms in total. The van der Waals surface area contributed by atoms with Crippen molar-refractivity contribution in [1.29, 1.82) is 0 Å². The van der Waals surface area contributed by atoms with Gasteiger partial charge in [-0.1, -0.05) is 18.5 Å². The van der Waals surface area contributed by atoms with Gasteiger partial charge in [-0.15, -0.1) is 0 Å². The Labute approximate surface area is 112 Å². The topological polar surface area (TPSA) is 43.0 Å². The average Bonchev–Trinajstić information content (AvgIpc) is 2.86. The van der Waals surface area contributed by atoms with Gasteiger partial charge in [-0.25, -0.2) is 0 Å². The van der Waals surface area contributed by atoms with Crippen LogP contribution in [0.4, 0.5) is 0 Å². The Hall–Kier alpha value is -1.26. The number of hydrogen-bond acceptors (Lipinski definition) is 3. The monoisotopic (exact) mass is 267 g/mol. The molecular weight excluding hydrogens is 250 g/mol. The molecule has 0 aromatic carbocycles. The number of halogens is 1. The van der Waals surface area contributed by atoms with Gasteiger partial charge in [0.15, 0.2) is 0 Å². The van der Waals surface area contributed by atoms with Gasteiger partial charge in [0.25, 0.3) is 0 Å². The van der Waals surface area contributed by atoms with Gasteiger partial charge in [0.1, 0.15) is 11.5 Å². The van der Waals surface area contributed by atoms with Crippen LogP contribution in [0.1, 0.15) is 29.8 Å². The number of hydrogen-bond donors (Lipinski definition) is 1. The van der Waals surface area contributed by atoms with Crippen LogP contribution >= 0.6 is 11.6 Å². The van der Waals surface area contributed by atoms with E-state index in [0.29, 0.717) is 13.1 Å². The van der Waals surface area contributed by atoms with E-state index in [1.807, 2.05) is 30.8 Å². The Morgan fingerprint density at radius 1 is 1.39 bits per heavy atom. The second-order valence-corrected chi connectivity index (χ2v) is 4.68. The summed E-state index contributed by atoms with van der Waals surface area (Å²) in [7, 11) is 1.92. The van der Waals surface area contributed by atoms with Crippen LogP contribution in [0.5, 0.6) is 0 Å². The van der Waals surface area contributed by atoms with Crippen molar-refractivity contribution in [1.82, 2.24) is 15.1 Å². The molecule has 2 aromatic heterocycles. The second kappa shape index (κ2) is 5.59. The second-order valence-electron chi connectivity index (χ2n) is 4.30. The fourth-order valence-corrected chi connectivity index (χ4v) is 2.26. The number of aryl methyl sites for hydroxylation is 3. The first-order valence-corrected chi connectivity index (χ1v) is 6.46. The lowest BCUT2D eigenvalue weighted by Crippen LogP contribution is -2.15. The van der Waals surface area contributed by atoms with Gasteiger partial charge in [-0.05, 0) is 25.5 Å². The molecule has 2 heterocycles. The van der Waals surface area contributed by atoms with Crippen LogP contribution in [0, 0.1) is 6.92 Å². The Balaban J connectivity index is 1.96. The van der Waals surface area contributed by atoms with Gasteiger partial charge < -0.3 is 9.73 Å². The van der Waals surface area contributed by atoms with Crippen LogP contribution in [0.2, 0.25) is 5.02 Å². The van der Waals surface area contributed by atoms with Crippen LogP contribution in [-0.2, 0) is 26.6 Å². The maximum absolute atomic E-state index is 6.27. The third-order valence-corrected chi connectivity index (χ3v) is 3.33. The summed E-state index contributed by atoms with van der Waals surface area (Å²) < 4.78 is 7.33. The van der Waals surface area contributed by atoms with E-state index < -0.39 is 0 Å². The molecular formula is C13H18ClN3O. The maximum atomic E-state index is 6.27. The molecule has 0 aliphatic rings. The number of nitrogens with zero attached hydrogens (tertiary/aromatic N) is 2. The van der Waals surface area contributed by atoms with Crippen molar-refractivity contribution < 1.29 is 4.42 Å². The smallest absolute Gasteiger partial charge is 0.117 e. The molecule has 0 saturated heterocycles. The van der Waals surface area contributed by atoms with Gasteiger partial charge in [0.2, 0.25) is 0 Å². The Kier molecular flexibility index (Phi) is 4.09. The highest BCUT2D eigenvalue weighted by Gasteiger charge is 2.12. The van der Waals surface area contributed by atoms with E-state index in [-0.39, 0.29) is 0 Å². The SMILES string of the molecule is CCc1nn(C)c(CNCc2ccc(C)o2)c1Cl. The fraction of sp³-hybridized carbons (Fsp3) is 0.462. The van der Waals surface area contributed by atoms with Gasteiger partial charge in [0.05, 0.1) is 23.0 Å².